The number of hydrogen-bond donors (Lipinski definition) is 3. The molecule has 0 aliphatic heterocycles. The van der Waals surface area contributed by atoms with Crippen molar-refractivity contribution in [1.29, 1.82) is 0 Å². The van der Waals surface area contributed by atoms with Crippen molar-refractivity contribution in [3.63, 3.8) is 0 Å². The van der Waals surface area contributed by atoms with Crippen LogP contribution in [0.5, 0.6) is 0 Å². The average Bonchev–Trinajstić information content (AvgIpc) is 2.17. The number of carboxylic acid groups (broad SMARTS) is 1. The highest BCUT2D eigenvalue weighted by atomic mass is 16.4. The van der Waals surface area contributed by atoms with Crippen molar-refractivity contribution >= 4 is 5.97 Å². The number of carboxylic acids is 1. The van der Waals surface area contributed by atoms with Crippen LogP contribution in [0, 0.1) is 0 Å². The third kappa shape index (κ3) is 2.27. The molecule has 1 atom stereocenters. The number of hydrogen-bond acceptors (Lipinski definition) is 3. The summed E-state index contributed by atoms with van der Waals surface area (Å²) in [5.74, 6) is -0.953. The Labute approximate surface area is 76.2 Å². The molecule has 0 radical (unpaired) electrons. The summed E-state index contributed by atoms with van der Waals surface area (Å²) in [6.07, 6.45) is 0. The van der Waals surface area contributed by atoms with Gasteiger partial charge in [-0.25, -0.2) is 4.79 Å². The van der Waals surface area contributed by atoms with Crippen LogP contribution >= 0.6 is 0 Å². The zero-order chi connectivity index (χ0) is 9.84. The first kappa shape index (κ1) is 9.70. The third-order valence-electron chi connectivity index (χ3n) is 1.82. The van der Waals surface area contributed by atoms with Crippen LogP contribution in [0.4, 0.5) is 0 Å². The van der Waals surface area contributed by atoms with E-state index >= 15 is 0 Å². The Morgan fingerprint density at radius 1 is 1.54 bits per heavy atom. The van der Waals surface area contributed by atoms with Gasteiger partial charge in [-0.3, -0.25) is 0 Å². The van der Waals surface area contributed by atoms with Gasteiger partial charge in [0.05, 0.1) is 5.56 Å². The van der Waals surface area contributed by atoms with Crippen molar-refractivity contribution in [3.05, 3.63) is 35.4 Å². The van der Waals surface area contributed by atoms with E-state index in [2.05, 4.69) is 0 Å². The first-order valence-corrected chi connectivity index (χ1v) is 3.94. The van der Waals surface area contributed by atoms with Crippen molar-refractivity contribution in [1.82, 2.24) is 0 Å². The molecular weight excluding hydrogens is 168 g/mol. The van der Waals surface area contributed by atoms with Crippen molar-refractivity contribution in [2.45, 2.75) is 6.04 Å². The lowest BCUT2D eigenvalue weighted by molar-refractivity contribution is 0.0697. The Kier molecular flexibility index (Phi) is 3.00. The Hall–Kier alpha value is -1.39. The monoisotopic (exact) mass is 180 g/mol. The molecule has 0 saturated heterocycles. The minimum Gasteiger partial charge on any atom is -0.478 e. The predicted octanol–water partition coefficient (Wildman–Crippen LogP) is 0.343. The molecule has 0 spiro atoms. The minimum atomic E-state index is -0.953. The second kappa shape index (κ2) is 4.02. The van der Waals surface area contributed by atoms with Crippen LogP contribution < -0.4 is 11.5 Å². The number of aromatic carboxylic acids is 1. The van der Waals surface area contributed by atoms with Gasteiger partial charge < -0.3 is 16.6 Å². The summed E-state index contributed by atoms with van der Waals surface area (Å²) in [6, 6.07) is 6.20. The molecule has 1 rings (SSSR count). The van der Waals surface area contributed by atoms with E-state index in [9.17, 15) is 4.79 Å². The normalized spacial score (nSPS) is 12.5. The molecule has 13 heavy (non-hydrogen) atoms. The van der Waals surface area contributed by atoms with E-state index in [1.807, 2.05) is 0 Å². The Morgan fingerprint density at radius 3 is 2.77 bits per heavy atom. The third-order valence-corrected chi connectivity index (χ3v) is 1.82. The lowest BCUT2D eigenvalue weighted by atomic mass is 10.0. The SMILES string of the molecule is NCC(N)c1cccc(C(=O)O)c1. The van der Waals surface area contributed by atoms with Crippen LogP contribution in [-0.4, -0.2) is 17.6 Å². The fourth-order valence-corrected chi connectivity index (χ4v) is 1.04. The van der Waals surface area contributed by atoms with Gasteiger partial charge >= 0.3 is 5.97 Å². The minimum absolute atomic E-state index is 0.237. The molecule has 1 unspecified atom stereocenters. The summed E-state index contributed by atoms with van der Waals surface area (Å²) >= 11 is 0. The van der Waals surface area contributed by atoms with E-state index < -0.39 is 5.97 Å². The van der Waals surface area contributed by atoms with E-state index in [1.165, 1.54) is 6.07 Å². The lowest BCUT2D eigenvalue weighted by Crippen LogP contribution is -2.20. The summed E-state index contributed by atoms with van der Waals surface area (Å²) in [5, 5.41) is 8.69. The number of rotatable bonds is 3. The highest BCUT2D eigenvalue weighted by Gasteiger charge is 2.07. The van der Waals surface area contributed by atoms with E-state index in [4.69, 9.17) is 16.6 Å². The number of carbonyl (C=O) groups is 1. The van der Waals surface area contributed by atoms with E-state index in [-0.39, 0.29) is 11.6 Å². The topological polar surface area (TPSA) is 89.3 Å². The molecule has 0 fully saturated rings. The van der Waals surface area contributed by atoms with Gasteiger partial charge in [0.15, 0.2) is 0 Å². The maximum absolute atomic E-state index is 10.6. The molecule has 0 bridgehead atoms. The van der Waals surface area contributed by atoms with Crippen molar-refractivity contribution in [2.75, 3.05) is 6.54 Å². The van der Waals surface area contributed by atoms with Crippen LogP contribution in [0.1, 0.15) is 22.0 Å². The molecule has 4 heteroatoms. The van der Waals surface area contributed by atoms with Crippen LogP contribution in [0.15, 0.2) is 24.3 Å². The zero-order valence-electron chi connectivity index (χ0n) is 7.10. The average molecular weight is 180 g/mol. The van der Waals surface area contributed by atoms with Gasteiger partial charge in [0, 0.05) is 12.6 Å². The molecule has 0 aliphatic carbocycles. The molecule has 0 heterocycles. The largest absolute Gasteiger partial charge is 0.478 e. The lowest BCUT2D eigenvalue weighted by Gasteiger charge is -2.08. The number of nitrogens with two attached hydrogens (primary N) is 2. The molecule has 0 saturated carbocycles. The molecule has 0 aliphatic rings. The van der Waals surface area contributed by atoms with Crippen molar-refractivity contribution in [3.8, 4) is 0 Å². The standard InChI is InChI=1S/C9H12N2O2/c10-5-8(11)6-2-1-3-7(4-6)9(12)13/h1-4,8H,5,10-11H2,(H,12,13). The molecule has 1 aromatic carbocycles. The quantitative estimate of drug-likeness (QED) is 0.625. The first-order valence-electron chi connectivity index (χ1n) is 3.94. The highest BCUT2D eigenvalue weighted by molar-refractivity contribution is 5.87. The van der Waals surface area contributed by atoms with Gasteiger partial charge in [0.2, 0.25) is 0 Å². The van der Waals surface area contributed by atoms with E-state index in [0.29, 0.717) is 6.54 Å². The smallest absolute Gasteiger partial charge is 0.335 e. The maximum atomic E-state index is 10.6. The predicted molar refractivity (Wildman–Crippen MR) is 49.4 cm³/mol. The van der Waals surface area contributed by atoms with Crippen LogP contribution in [-0.2, 0) is 0 Å². The Bertz CT molecular complexity index is 312. The molecule has 0 amide bonds. The number of benzene rings is 1. The molecule has 0 aromatic heterocycles. The molecule has 5 N–H and O–H groups in total. The fourth-order valence-electron chi connectivity index (χ4n) is 1.04. The molecule has 70 valence electrons. The van der Waals surface area contributed by atoms with Crippen molar-refractivity contribution < 1.29 is 9.90 Å². The summed E-state index contributed by atoms with van der Waals surface area (Å²) in [5.41, 5.74) is 12.0. The van der Waals surface area contributed by atoms with Gasteiger partial charge in [-0.05, 0) is 17.7 Å². The van der Waals surface area contributed by atoms with Gasteiger partial charge in [-0.15, -0.1) is 0 Å². The van der Waals surface area contributed by atoms with Crippen molar-refractivity contribution in [2.24, 2.45) is 11.5 Å². The maximum Gasteiger partial charge on any atom is 0.335 e. The summed E-state index contributed by atoms with van der Waals surface area (Å²) in [6.45, 7) is 0.309. The van der Waals surface area contributed by atoms with E-state index in [0.717, 1.165) is 5.56 Å². The van der Waals surface area contributed by atoms with Crippen LogP contribution in [0.25, 0.3) is 0 Å². The van der Waals surface area contributed by atoms with Gasteiger partial charge in [-0.1, -0.05) is 12.1 Å². The summed E-state index contributed by atoms with van der Waals surface area (Å²) in [7, 11) is 0. The second-order valence-electron chi connectivity index (χ2n) is 2.77. The zero-order valence-corrected chi connectivity index (χ0v) is 7.10. The van der Waals surface area contributed by atoms with Crippen LogP contribution in [0.3, 0.4) is 0 Å². The fraction of sp³-hybridized carbons (Fsp3) is 0.222. The van der Waals surface area contributed by atoms with E-state index in [1.54, 1.807) is 18.2 Å². The molecule has 1 aromatic rings. The highest BCUT2D eigenvalue weighted by Crippen LogP contribution is 2.11. The summed E-state index contributed by atoms with van der Waals surface area (Å²) < 4.78 is 0. The second-order valence-corrected chi connectivity index (χ2v) is 2.77. The van der Waals surface area contributed by atoms with Crippen LogP contribution in [0.2, 0.25) is 0 Å². The molecular formula is C9H12N2O2. The Balaban J connectivity index is 2.98. The summed E-state index contributed by atoms with van der Waals surface area (Å²) in [4.78, 5) is 10.6. The Morgan fingerprint density at radius 2 is 2.23 bits per heavy atom. The first-order chi connectivity index (χ1) is 6.15. The van der Waals surface area contributed by atoms with Gasteiger partial charge in [0.25, 0.3) is 0 Å². The van der Waals surface area contributed by atoms with Gasteiger partial charge in [-0.2, -0.15) is 0 Å². The molecule has 4 nitrogen and oxygen atoms in total. The van der Waals surface area contributed by atoms with Gasteiger partial charge in [0.1, 0.15) is 0 Å².